The first kappa shape index (κ1) is 28.1. The van der Waals surface area contributed by atoms with E-state index in [9.17, 15) is 26.4 Å². The van der Waals surface area contributed by atoms with Crippen LogP contribution in [0.15, 0.2) is 42.5 Å². The molecule has 4 rings (SSSR count). The molecule has 2 amide bonds. The topological polar surface area (TPSA) is 186 Å². The molecule has 1 aromatic heterocycles. The summed E-state index contributed by atoms with van der Waals surface area (Å²) in [4.78, 5) is 29.5. The number of aromatic nitrogens is 1. The summed E-state index contributed by atoms with van der Waals surface area (Å²) >= 11 is 1.09. The zero-order valence-corrected chi connectivity index (χ0v) is 22.7. The van der Waals surface area contributed by atoms with Crippen LogP contribution in [-0.4, -0.2) is 69.9 Å². The van der Waals surface area contributed by atoms with Crippen molar-refractivity contribution in [1.29, 1.82) is 0 Å². The summed E-state index contributed by atoms with van der Waals surface area (Å²) < 4.78 is 49.6. The molecule has 0 aliphatic heterocycles. The Bertz CT molecular complexity index is 1550. The van der Waals surface area contributed by atoms with E-state index >= 15 is 0 Å². The molecule has 5 N–H and O–H groups in total. The number of primary sulfonamides is 1. The first-order chi connectivity index (χ1) is 18.0. The normalized spacial score (nSPS) is 14.8. The van der Waals surface area contributed by atoms with Gasteiger partial charge in [-0.2, -0.15) is 0 Å². The van der Waals surface area contributed by atoms with Crippen molar-refractivity contribution < 1.29 is 31.5 Å². The van der Waals surface area contributed by atoms with Crippen molar-refractivity contribution >= 4 is 53.2 Å². The fraction of sp³-hybridized carbons (Fsp3) is 0.375. The molecule has 1 aliphatic rings. The Morgan fingerprint density at radius 1 is 1.03 bits per heavy atom. The minimum Gasteiger partial charge on any atom is -0.395 e. The number of nitrogens with two attached hydrogens (primary N) is 1. The predicted molar refractivity (Wildman–Crippen MR) is 145 cm³/mol. The van der Waals surface area contributed by atoms with Crippen LogP contribution in [-0.2, 0) is 24.7 Å². The van der Waals surface area contributed by atoms with Gasteiger partial charge in [0.25, 0.3) is 5.91 Å². The number of aliphatic hydroxyl groups excluding tert-OH is 1. The van der Waals surface area contributed by atoms with Crippen LogP contribution < -0.4 is 15.8 Å². The maximum Gasteiger partial charge on any atom is 0.251 e. The van der Waals surface area contributed by atoms with E-state index in [0.29, 0.717) is 15.8 Å². The molecule has 1 atom stereocenters. The molecular formula is C24H28N4O7S3. The molecule has 2 aromatic carbocycles. The number of nitrogens with zero attached hydrogens (tertiary/aromatic N) is 1. The van der Waals surface area contributed by atoms with Crippen LogP contribution in [0.3, 0.4) is 0 Å². The Kier molecular flexibility index (Phi) is 8.47. The third-order valence-electron chi connectivity index (χ3n) is 5.96. The Hall–Kier alpha value is -2.91. The largest absolute Gasteiger partial charge is 0.395 e. The summed E-state index contributed by atoms with van der Waals surface area (Å²) in [5, 5.41) is 17.4. The molecule has 204 valence electrons. The molecule has 1 fully saturated rings. The highest BCUT2D eigenvalue weighted by molar-refractivity contribution is 7.92. The van der Waals surface area contributed by atoms with Gasteiger partial charge in [0.05, 0.1) is 28.3 Å². The van der Waals surface area contributed by atoms with Crippen LogP contribution in [0.4, 0.5) is 0 Å². The molecule has 1 saturated carbocycles. The maximum absolute atomic E-state index is 13.2. The van der Waals surface area contributed by atoms with Gasteiger partial charge in [-0.25, -0.2) is 27.0 Å². The lowest BCUT2D eigenvalue weighted by molar-refractivity contribution is -0.120. The van der Waals surface area contributed by atoms with Crippen LogP contribution in [0, 0.1) is 5.92 Å². The van der Waals surface area contributed by atoms with Crippen molar-refractivity contribution in [3.05, 3.63) is 53.0 Å². The molecule has 0 saturated heterocycles. The van der Waals surface area contributed by atoms with Gasteiger partial charge in [0, 0.05) is 18.7 Å². The maximum atomic E-state index is 13.2. The number of rotatable bonds is 12. The number of amides is 2. The molecule has 38 heavy (non-hydrogen) atoms. The van der Waals surface area contributed by atoms with Crippen LogP contribution in [0.1, 0.15) is 33.5 Å². The smallest absolute Gasteiger partial charge is 0.251 e. The second-order valence-electron chi connectivity index (χ2n) is 9.10. The second kappa shape index (κ2) is 11.5. The number of carbonyl (C=O) groups excluding carboxylic acids is 2. The standard InChI is InChI=1S/C24H28N4O7S3/c25-38(34,35)12-10-27-23(31)21(37(32,33)14-15-1-2-15)24-28-19-8-7-18(13-20(19)36-24)16-3-5-17(6-4-16)22(30)26-9-11-29/h3-8,13,15,21,29H,1-2,9-12,14H2,(H,26,30)(H,27,31)(H2,25,34,35). The lowest BCUT2D eigenvalue weighted by Gasteiger charge is -2.15. The van der Waals surface area contributed by atoms with Gasteiger partial charge in [0.1, 0.15) is 5.01 Å². The fourth-order valence-electron chi connectivity index (χ4n) is 3.87. The lowest BCUT2D eigenvalue weighted by atomic mass is 10.0. The summed E-state index contributed by atoms with van der Waals surface area (Å²) in [6.45, 7) is -0.302. The summed E-state index contributed by atoms with van der Waals surface area (Å²) in [5.41, 5.74) is 2.60. The molecule has 14 heteroatoms. The zero-order chi connectivity index (χ0) is 27.5. The van der Waals surface area contributed by atoms with E-state index < -0.39 is 36.8 Å². The molecule has 1 aliphatic carbocycles. The van der Waals surface area contributed by atoms with Crippen molar-refractivity contribution in [2.75, 3.05) is 31.2 Å². The number of hydrogen-bond donors (Lipinski definition) is 4. The van der Waals surface area contributed by atoms with E-state index in [1.54, 1.807) is 30.3 Å². The van der Waals surface area contributed by atoms with E-state index in [1.807, 2.05) is 12.1 Å². The molecule has 0 bridgehead atoms. The highest BCUT2D eigenvalue weighted by Crippen LogP contribution is 2.38. The van der Waals surface area contributed by atoms with E-state index in [0.717, 1.165) is 35.3 Å². The molecule has 1 unspecified atom stereocenters. The van der Waals surface area contributed by atoms with Gasteiger partial charge >= 0.3 is 0 Å². The fourth-order valence-corrected chi connectivity index (χ4v) is 7.78. The van der Waals surface area contributed by atoms with E-state index in [-0.39, 0.29) is 42.3 Å². The average molecular weight is 581 g/mol. The van der Waals surface area contributed by atoms with Crippen molar-refractivity contribution in [3.63, 3.8) is 0 Å². The second-order valence-corrected chi connectivity index (χ2v) is 14.0. The lowest BCUT2D eigenvalue weighted by Crippen LogP contribution is -2.38. The molecule has 1 heterocycles. The third kappa shape index (κ3) is 7.14. The molecule has 3 aromatic rings. The summed E-state index contributed by atoms with van der Waals surface area (Å²) in [7, 11) is -7.73. The number of hydrogen-bond acceptors (Lipinski definition) is 9. The van der Waals surface area contributed by atoms with Gasteiger partial charge in [-0.15, -0.1) is 11.3 Å². The Labute approximate surface area is 224 Å². The molecular weight excluding hydrogens is 552 g/mol. The number of aliphatic hydroxyl groups is 1. The highest BCUT2D eigenvalue weighted by Gasteiger charge is 2.40. The van der Waals surface area contributed by atoms with Gasteiger partial charge in [0.15, 0.2) is 15.1 Å². The van der Waals surface area contributed by atoms with Crippen LogP contribution in [0.25, 0.3) is 21.3 Å². The van der Waals surface area contributed by atoms with Crippen LogP contribution >= 0.6 is 11.3 Å². The number of fused-ring (bicyclic) bond motifs is 1. The molecule has 0 radical (unpaired) electrons. The van der Waals surface area contributed by atoms with Crippen molar-refractivity contribution in [2.24, 2.45) is 11.1 Å². The Balaban J connectivity index is 1.60. The highest BCUT2D eigenvalue weighted by atomic mass is 32.2. The van der Waals surface area contributed by atoms with Crippen molar-refractivity contribution in [2.45, 2.75) is 18.1 Å². The monoisotopic (exact) mass is 580 g/mol. The first-order valence-corrected chi connectivity index (χ1v) is 16.1. The SMILES string of the molecule is NS(=O)(=O)CCNC(=O)C(c1nc2ccc(-c3ccc(C(=O)NCCO)cc3)cc2s1)S(=O)(=O)CC1CC1. The van der Waals surface area contributed by atoms with Gasteiger partial charge in [-0.1, -0.05) is 18.2 Å². The number of thiazole rings is 1. The summed E-state index contributed by atoms with van der Waals surface area (Å²) in [6, 6.07) is 12.3. The van der Waals surface area contributed by atoms with Crippen LogP contribution in [0.5, 0.6) is 0 Å². The Morgan fingerprint density at radius 3 is 2.34 bits per heavy atom. The van der Waals surface area contributed by atoms with Crippen LogP contribution in [0.2, 0.25) is 0 Å². The minimum absolute atomic E-state index is 0.00870. The van der Waals surface area contributed by atoms with Gasteiger partial charge < -0.3 is 15.7 Å². The average Bonchev–Trinajstić information content (AvgIpc) is 3.56. The minimum atomic E-state index is -3.91. The molecule has 0 spiro atoms. The number of benzene rings is 2. The Morgan fingerprint density at radius 2 is 1.71 bits per heavy atom. The number of sulfonamides is 1. The first-order valence-electron chi connectivity index (χ1n) is 11.9. The summed E-state index contributed by atoms with van der Waals surface area (Å²) in [6.07, 6.45) is 1.56. The number of carbonyl (C=O) groups is 2. The van der Waals surface area contributed by atoms with Crippen molar-refractivity contribution in [3.8, 4) is 11.1 Å². The van der Waals surface area contributed by atoms with E-state index in [1.165, 1.54) is 0 Å². The predicted octanol–water partition coefficient (Wildman–Crippen LogP) is 0.956. The number of nitrogens with one attached hydrogen (secondary N) is 2. The van der Waals surface area contributed by atoms with E-state index in [4.69, 9.17) is 10.2 Å². The summed E-state index contributed by atoms with van der Waals surface area (Å²) in [5.74, 6) is -1.77. The molecule has 11 nitrogen and oxygen atoms in total. The van der Waals surface area contributed by atoms with Gasteiger partial charge in [-0.05, 0) is 54.2 Å². The zero-order valence-electron chi connectivity index (χ0n) is 20.3. The third-order valence-corrected chi connectivity index (χ3v) is 10.1. The van der Waals surface area contributed by atoms with Gasteiger partial charge in [0.2, 0.25) is 15.9 Å². The van der Waals surface area contributed by atoms with Gasteiger partial charge in [-0.3, -0.25) is 9.59 Å². The quantitative estimate of drug-likeness (QED) is 0.244. The number of sulfone groups is 1. The van der Waals surface area contributed by atoms with E-state index in [2.05, 4.69) is 15.6 Å². The van der Waals surface area contributed by atoms with Crippen molar-refractivity contribution in [1.82, 2.24) is 15.6 Å².